The van der Waals surface area contributed by atoms with Gasteiger partial charge in [-0.2, -0.15) is 13.8 Å². The fourth-order valence-corrected chi connectivity index (χ4v) is 3.58. The van der Waals surface area contributed by atoms with Crippen molar-refractivity contribution in [3.63, 3.8) is 0 Å². The van der Waals surface area contributed by atoms with Crippen LogP contribution in [-0.2, 0) is 0 Å². The lowest BCUT2D eigenvalue weighted by molar-refractivity contribution is 0.410. The van der Waals surface area contributed by atoms with Gasteiger partial charge < -0.3 is 5.11 Å². The predicted molar refractivity (Wildman–Crippen MR) is 89.8 cm³/mol. The average molecular weight is 376 g/mol. The lowest BCUT2D eigenvalue weighted by atomic mass is 10.0. The van der Waals surface area contributed by atoms with Crippen molar-refractivity contribution in [3.05, 3.63) is 66.0 Å². The van der Waals surface area contributed by atoms with Gasteiger partial charge in [-0.15, -0.1) is 11.3 Å². The second-order valence-electron chi connectivity index (χ2n) is 5.42. The van der Waals surface area contributed by atoms with E-state index < -0.39 is 29.1 Å². The van der Waals surface area contributed by atoms with Crippen LogP contribution in [0.25, 0.3) is 31.9 Å². The van der Waals surface area contributed by atoms with Gasteiger partial charge >= 0.3 is 0 Å². The van der Waals surface area contributed by atoms with Crippen molar-refractivity contribution in [2.24, 2.45) is 0 Å². The van der Waals surface area contributed by atoms with E-state index in [2.05, 4.69) is 9.97 Å². The van der Waals surface area contributed by atoms with E-state index in [0.717, 1.165) is 10.8 Å². The maximum atomic E-state index is 14.0. The molecule has 1 N–H and O–H groups in total. The third-order valence-electron chi connectivity index (χ3n) is 3.81. The van der Waals surface area contributed by atoms with Gasteiger partial charge in [-0.1, -0.05) is 18.2 Å². The summed E-state index contributed by atoms with van der Waals surface area (Å²) in [5.41, 5.74) is -0.152. The third kappa shape index (κ3) is 2.59. The van der Waals surface area contributed by atoms with E-state index in [-0.39, 0.29) is 16.9 Å². The molecule has 0 spiro atoms. The van der Waals surface area contributed by atoms with Gasteiger partial charge in [0.25, 0.3) is 11.9 Å². The summed E-state index contributed by atoms with van der Waals surface area (Å²) in [4.78, 5) is 6.91. The molecule has 2 aromatic carbocycles. The maximum Gasteiger partial charge on any atom is 0.252 e. The van der Waals surface area contributed by atoms with Gasteiger partial charge in [0, 0.05) is 0 Å². The molecule has 0 aliphatic heterocycles. The Morgan fingerprint density at radius 3 is 2.23 bits per heavy atom. The molecule has 0 atom stereocenters. The molecule has 0 bridgehead atoms. The van der Waals surface area contributed by atoms with E-state index in [9.17, 15) is 22.7 Å². The van der Waals surface area contributed by atoms with Gasteiger partial charge in [-0.3, -0.25) is 0 Å². The van der Waals surface area contributed by atoms with Crippen molar-refractivity contribution in [1.29, 1.82) is 0 Å². The molecule has 2 heterocycles. The first-order valence-electron chi connectivity index (χ1n) is 7.35. The molecule has 0 unspecified atom stereocenters. The Morgan fingerprint density at radius 1 is 0.846 bits per heavy atom. The molecule has 4 rings (SSSR count). The molecule has 26 heavy (non-hydrogen) atoms. The summed E-state index contributed by atoms with van der Waals surface area (Å²) in [5, 5.41) is 10.5. The third-order valence-corrected chi connectivity index (χ3v) is 4.88. The van der Waals surface area contributed by atoms with Crippen LogP contribution in [0.15, 0.2) is 42.5 Å². The number of hydrogen-bond acceptors (Lipinski definition) is 4. The topological polar surface area (TPSA) is 46.0 Å². The highest BCUT2D eigenvalue weighted by Crippen LogP contribution is 2.39. The number of thiazole rings is 1. The van der Waals surface area contributed by atoms with E-state index >= 15 is 0 Å². The van der Waals surface area contributed by atoms with Crippen LogP contribution in [0.5, 0.6) is 5.75 Å². The van der Waals surface area contributed by atoms with E-state index in [1.165, 1.54) is 23.5 Å². The summed E-state index contributed by atoms with van der Waals surface area (Å²) in [6.07, 6.45) is 0. The second kappa shape index (κ2) is 6.06. The highest BCUT2D eigenvalue weighted by atomic mass is 32.1. The van der Waals surface area contributed by atoms with Crippen molar-refractivity contribution in [2.45, 2.75) is 0 Å². The smallest absolute Gasteiger partial charge is 0.252 e. The summed E-state index contributed by atoms with van der Waals surface area (Å²) in [7, 11) is 0. The zero-order valence-corrected chi connectivity index (χ0v) is 13.6. The lowest BCUT2D eigenvalue weighted by Gasteiger charge is -2.09. The van der Waals surface area contributed by atoms with Crippen molar-refractivity contribution in [2.75, 3.05) is 0 Å². The van der Waals surface area contributed by atoms with Gasteiger partial charge in [-0.25, -0.2) is 13.8 Å². The van der Waals surface area contributed by atoms with E-state index in [0.29, 0.717) is 10.5 Å². The normalized spacial score (nSPS) is 11.2. The number of fused-ring (bicyclic) bond motifs is 1. The highest BCUT2D eigenvalue weighted by Gasteiger charge is 2.23. The van der Waals surface area contributed by atoms with Crippen LogP contribution in [0.1, 0.15) is 0 Å². The molecule has 0 saturated heterocycles. The molecule has 130 valence electrons. The number of nitrogens with zero attached hydrogens (tertiary/aromatic N) is 2. The lowest BCUT2D eigenvalue weighted by Crippen LogP contribution is -2.03. The maximum absolute atomic E-state index is 14.0. The molecule has 0 saturated carbocycles. The van der Waals surface area contributed by atoms with Gasteiger partial charge in [0.05, 0.1) is 21.3 Å². The molecule has 0 aliphatic rings. The quantitative estimate of drug-likeness (QED) is 0.382. The molecule has 3 nitrogen and oxygen atoms in total. The Bertz CT molecular complexity index is 1100. The Kier molecular flexibility index (Phi) is 3.84. The first-order valence-corrected chi connectivity index (χ1v) is 8.16. The van der Waals surface area contributed by atoms with Gasteiger partial charge in [0.15, 0.2) is 11.6 Å². The predicted octanol–water partition coefficient (Wildman–Crippen LogP) is 5.29. The summed E-state index contributed by atoms with van der Waals surface area (Å²) >= 11 is 1.26. The van der Waals surface area contributed by atoms with E-state index in [1.807, 2.05) is 12.1 Å². The molecular formula is C18H8F4N2OS. The van der Waals surface area contributed by atoms with Crippen LogP contribution >= 0.6 is 11.3 Å². The summed E-state index contributed by atoms with van der Waals surface area (Å²) < 4.78 is 55.7. The standard InChI is InChI=1S/C18H8F4N2OS/c19-14-13(15(20)17(22)24-16(14)21)8-5-6-11(25)9(7-8)18-23-10-3-1-2-4-12(10)26-18/h1-7,25H. The van der Waals surface area contributed by atoms with Crippen LogP contribution in [0.3, 0.4) is 0 Å². The number of hydrogen-bond donors (Lipinski definition) is 1. The minimum absolute atomic E-state index is 0.146. The van der Waals surface area contributed by atoms with Crippen LogP contribution in [0.2, 0.25) is 0 Å². The second-order valence-corrected chi connectivity index (χ2v) is 6.45. The highest BCUT2D eigenvalue weighted by molar-refractivity contribution is 7.21. The number of pyridine rings is 1. The first kappa shape index (κ1) is 16.5. The average Bonchev–Trinajstić information content (AvgIpc) is 3.05. The van der Waals surface area contributed by atoms with Crippen LogP contribution in [0.4, 0.5) is 17.6 Å². The summed E-state index contributed by atoms with van der Waals surface area (Å²) in [6.45, 7) is 0. The number of benzene rings is 2. The largest absolute Gasteiger partial charge is 0.507 e. The zero-order valence-electron chi connectivity index (χ0n) is 12.8. The molecule has 0 aliphatic carbocycles. The van der Waals surface area contributed by atoms with Crippen molar-refractivity contribution in [3.8, 4) is 27.4 Å². The molecule has 8 heteroatoms. The van der Waals surface area contributed by atoms with Crippen molar-refractivity contribution >= 4 is 21.6 Å². The van der Waals surface area contributed by atoms with Crippen LogP contribution in [0, 0.1) is 23.5 Å². The number of para-hydroxylation sites is 1. The molecule has 0 amide bonds. The van der Waals surface area contributed by atoms with Crippen molar-refractivity contribution in [1.82, 2.24) is 9.97 Å². The zero-order chi connectivity index (χ0) is 18.4. The monoisotopic (exact) mass is 376 g/mol. The van der Waals surface area contributed by atoms with Gasteiger partial charge in [-0.05, 0) is 29.8 Å². The number of halogens is 4. The number of phenolic OH excluding ortho intramolecular Hbond substituents is 1. The number of aromatic hydroxyl groups is 1. The van der Waals surface area contributed by atoms with E-state index in [4.69, 9.17) is 0 Å². The Morgan fingerprint density at radius 2 is 1.54 bits per heavy atom. The van der Waals surface area contributed by atoms with E-state index in [1.54, 1.807) is 12.1 Å². The summed E-state index contributed by atoms with van der Waals surface area (Å²) in [6, 6.07) is 10.8. The van der Waals surface area contributed by atoms with Gasteiger partial charge in [0.1, 0.15) is 10.8 Å². The number of phenols is 1. The summed E-state index contributed by atoms with van der Waals surface area (Å²) in [5.74, 6) is -6.87. The Hall–Kier alpha value is -3.00. The minimum Gasteiger partial charge on any atom is -0.507 e. The Balaban J connectivity index is 1.93. The molecule has 2 aromatic heterocycles. The molecule has 0 radical (unpaired) electrons. The minimum atomic E-state index is -1.74. The SMILES string of the molecule is Oc1ccc(-c2c(F)c(F)nc(F)c2F)cc1-c1nc2ccccc2s1. The Labute approximate surface area is 148 Å². The fraction of sp³-hybridized carbons (Fsp3) is 0. The van der Waals surface area contributed by atoms with Crippen LogP contribution < -0.4 is 0 Å². The molecular weight excluding hydrogens is 368 g/mol. The fourth-order valence-electron chi connectivity index (χ4n) is 2.59. The first-order chi connectivity index (χ1) is 12.5. The molecule has 0 fully saturated rings. The molecule has 4 aromatic rings. The van der Waals surface area contributed by atoms with Gasteiger partial charge in [0.2, 0.25) is 0 Å². The van der Waals surface area contributed by atoms with Crippen LogP contribution in [-0.4, -0.2) is 15.1 Å². The number of rotatable bonds is 2. The van der Waals surface area contributed by atoms with Crippen molar-refractivity contribution < 1.29 is 22.7 Å². The number of aromatic nitrogens is 2.